The largest absolute Gasteiger partial charge is 0.384 e. The van der Waals surface area contributed by atoms with Gasteiger partial charge < -0.3 is 20.1 Å². The second-order valence-corrected chi connectivity index (χ2v) is 4.05. The van der Waals surface area contributed by atoms with Crippen LogP contribution in [0.5, 0.6) is 0 Å². The van der Waals surface area contributed by atoms with Crippen LogP contribution in [0.25, 0.3) is 0 Å². The van der Waals surface area contributed by atoms with E-state index < -0.39 is 5.82 Å². The first kappa shape index (κ1) is 15.4. The minimum absolute atomic E-state index is 0.158. The predicted molar refractivity (Wildman–Crippen MR) is 73.4 cm³/mol. The molecule has 0 saturated carbocycles. The van der Waals surface area contributed by atoms with Crippen molar-refractivity contribution in [2.45, 2.75) is 0 Å². The van der Waals surface area contributed by atoms with Crippen molar-refractivity contribution in [3.63, 3.8) is 0 Å². The summed E-state index contributed by atoms with van der Waals surface area (Å²) in [5, 5.41) is 7.54. The average molecular weight is 269 g/mol. The van der Waals surface area contributed by atoms with Crippen molar-refractivity contribution in [3.8, 4) is 0 Å². The lowest BCUT2D eigenvalue weighted by molar-refractivity contribution is 0.190. The van der Waals surface area contributed by atoms with E-state index in [1.54, 1.807) is 20.3 Å². The number of rotatable bonds is 8. The van der Waals surface area contributed by atoms with Crippen LogP contribution in [0.2, 0.25) is 0 Å². The van der Waals surface area contributed by atoms with Crippen molar-refractivity contribution in [2.75, 3.05) is 45.4 Å². The number of amidine groups is 1. The van der Waals surface area contributed by atoms with E-state index in [9.17, 15) is 4.39 Å². The lowest BCUT2D eigenvalue weighted by Gasteiger charge is -2.26. The highest BCUT2D eigenvalue weighted by Gasteiger charge is 2.14. The number of halogens is 1. The number of hydrogen-bond acceptors (Lipinski definition) is 4. The third kappa shape index (κ3) is 4.50. The fourth-order valence-corrected chi connectivity index (χ4v) is 1.76. The number of ether oxygens (including phenoxy) is 2. The van der Waals surface area contributed by atoms with Gasteiger partial charge in [0.15, 0.2) is 0 Å². The van der Waals surface area contributed by atoms with Crippen LogP contribution < -0.4 is 10.6 Å². The molecule has 0 atom stereocenters. The van der Waals surface area contributed by atoms with Gasteiger partial charge in [-0.1, -0.05) is 0 Å². The van der Waals surface area contributed by atoms with E-state index in [-0.39, 0.29) is 5.84 Å². The molecule has 0 heterocycles. The van der Waals surface area contributed by atoms with Crippen molar-refractivity contribution >= 4 is 11.5 Å². The van der Waals surface area contributed by atoms with Gasteiger partial charge in [0.1, 0.15) is 11.7 Å². The molecule has 1 rings (SSSR count). The third-order valence-electron chi connectivity index (χ3n) is 2.72. The summed E-state index contributed by atoms with van der Waals surface area (Å²) in [7, 11) is 3.23. The number of nitrogens with zero attached hydrogens (tertiary/aromatic N) is 1. The van der Waals surface area contributed by atoms with E-state index in [0.717, 1.165) is 0 Å². The monoisotopic (exact) mass is 269 g/mol. The van der Waals surface area contributed by atoms with Crippen LogP contribution in [0.3, 0.4) is 0 Å². The normalized spacial score (nSPS) is 10.5. The van der Waals surface area contributed by atoms with Gasteiger partial charge in [-0.15, -0.1) is 0 Å². The molecule has 0 aliphatic heterocycles. The molecule has 0 saturated heterocycles. The Hall–Kier alpha value is -1.66. The van der Waals surface area contributed by atoms with E-state index >= 15 is 0 Å². The Morgan fingerprint density at radius 1 is 1.26 bits per heavy atom. The van der Waals surface area contributed by atoms with Gasteiger partial charge in [-0.2, -0.15) is 0 Å². The van der Waals surface area contributed by atoms with E-state index in [4.69, 9.17) is 20.6 Å². The number of nitrogens with one attached hydrogen (secondary N) is 1. The summed E-state index contributed by atoms with van der Waals surface area (Å²) in [4.78, 5) is 1.96. The first-order valence-electron chi connectivity index (χ1n) is 5.97. The first-order chi connectivity index (χ1) is 9.10. The van der Waals surface area contributed by atoms with Gasteiger partial charge in [0.2, 0.25) is 0 Å². The lowest BCUT2D eigenvalue weighted by atomic mass is 10.1. The van der Waals surface area contributed by atoms with Gasteiger partial charge in [0.25, 0.3) is 0 Å². The fraction of sp³-hybridized carbons (Fsp3) is 0.462. The molecule has 0 unspecified atom stereocenters. The van der Waals surface area contributed by atoms with Gasteiger partial charge in [0, 0.05) is 38.6 Å². The molecule has 1 aromatic carbocycles. The second-order valence-electron chi connectivity index (χ2n) is 4.05. The van der Waals surface area contributed by atoms with Gasteiger partial charge in [-0.25, -0.2) is 4.39 Å². The lowest BCUT2D eigenvalue weighted by Crippen LogP contribution is -2.32. The Labute approximate surface area is 112 Å². The third-order valence-corrected chi connectivity index (χ3v) is 2.72. The van der Waals surface area contributed by atoms with Crippen molar-refractivity contribution in [1.29, 1.82) is 5.41 Å². The summed E-state index contributed by atoms with van der Waals surface area (Å²) in [5.41, 5.74) is 6.60. The van der Waals surface area contributed by atoms with Crippen LogP contribution in [0.15, 0.2) is 18.2 Å². The Balaban J connectivity index is 3.02. The first-order valence-corrected chi connectivity index (χ1v) is 5.97. The molecule has 0 radical (unpaired) electrons. The maximum absolute atomic E-state index is 13.3. The minimum Gasteiger partial charge on any atom is -0.384 e. The van der Waals surface area contributed by atoms with Crippen LogP contribution >= 0.6 is 0 Å². The van der Waals surface area contributed by atoms with Gasteiger partial charge in [-0.05, 0) is 18.2 Å². The molecule has 0 bridgehead atoms. The SMILES string of the molecule is COCCN(CCOC)c1ccc(F)cc1C(=N)N. The van der Waals surface area contributed by atoms with Crippen molar-refractivity contribution < 1.29 is 13.9 Å². The zero-order valence-corrected chi connectivity index (χ0v) is 11.3. The maximum atomic E-state index is 13.3. The number of nitrogens with two attached hydrogens (primary N) is 1. The standard InChI is InChI=1S/C13H20FN3O2/c1-18-7-5-17(6-8-19-2)12-4-3-10(14)9-11(12)13(15)16/h3-4,9H,5-8H2,1-2H3,(H3,15,16). The molecule has 5 nitrogen and oxygen atoms in total. The summed E-state index contributed by atoms with van der Waals surface area (Å²) >= 11 is 0. The van der Waals surface area contributed by atoms with E-state index in [1.807, 2.05) is 4.90 Å². The number of benzene rings is 1. The molecule has 0 aliphatic rings. The molecule has 1 aromatic rings. The van der Waals surface area contributed by atoms with Gasteiger partial charge in [-0.3, -0.25) is 5.41 Å². The summed E-state index contributed by atoms with van der Waals surface area (Å²) in [6.45, 7) is 2.29. The molecule has 0 spiro atoms. The highest BCUT2D eigenvalue weighted by atomic mass is 19.1. The number of hydrogen-bond donors (Lipinski definition) is 2. The Morgan fingerprint density at radius 2 is 1.84 bits per heavy atom. The van der Waals surface area contributed by atoms with E-state index in [1.165, 1.54) is 12.1 Å². The smallest absolute Gasteiger partial charge is 0.125 e. The van der Waals surface area contributed by atoms with Crippen LogP contribution in [-0.4, -0.2) is 46.4 Å². The molecule has 106 valence electrons. The average Bonchev–Trinajstić information content (AvgIpc) is 2.39. The Kier molecular flexibility index (Phi) is 6.24. The van der Waals surface area contributed by atoms with Gasteiger partial charge in [0.05, 0.1) is 13.2 Å². The van der Waals surface area contributed by atoms with Crippen LogP contribution in [0, 0.1) is 11.2 Å². The fourth-order valence-electron chi connectivity index (χ4n) is 1.76. The molecule has 0 aliphatic carbocycles. The molecule has 3 N–H and O–H groups in total. The Bertz CT molecular complexity index is 418. The minimum atomic E-state index is -0.410. The second kappa shape index (κ2) is 7.70. The number of anilines is 1. The molecule has 0 aromatic heterocycles. The van der Waals surface area contributed by atoms with Crippen molar-refractivity contribution in [2.24, 2.45) is 5.73 Å². The van der Waals surface area contributed by atoms with Crippen LogP contribution in [-0.2, 0) is 9.47 Å². The number of methoxy groups -OCH3 is 2. The highest BCUT2D eigenvalue weighted by molar-refractivity contribution is 6.00. The summed E-state index contributed by atoms with van der Waals surface area (Å²) in [5.74, 6) is -0.568. The summed E-state index contributed by atoms with van der Waals surface area (Å²) in [6.07, 6.45) is 0. The topological polar surface area (TPSA) is 71.6 Å². The van der Waals surface area contributed by atoms with Crippen molar-refractivity contribution in [3.05, 3.63) is 29.6 Å². The van der Waals surface area contributed by atoms with Crippen LogP contribution in [0.1, 0.15) is 5.56 Å². The summed E-state index contributed by atoms with van der Waals surface area (Å²) < 4.78 is 23.4. The van der Waals surface area contributed by atoms with E-state index in [0.29, 0.717) is 37.6 Å². The maximum Gasteiger partial charge on any atom is 0.125 e. The molecular weight excluding hydrogens is 249 g/mol. The van der Waals surface area contributed by atoms with E-state index in [2.05, 4.69) is 0 Å². The van der Waals surface area contributed by atoms with Crippen molar-refractivity contribution in [1.82, 2.24) is 0 Å². The molecule has 19 heavy (non-hydrogen) atoms. The summed E-state index contributed by atoms with van der Waals surface area (Å²) in [6, 6.07) is 4.25. The Morgan fingerprint density at radius 3 is 2.32 bits per heavy atom. The number of nitrogen functional groups attached to an aromatic ring is 1. The molecule has 0 amide bonds. The zero-order chi connectivity index (χ0) is 14.3. The predicted octanol–water partition coefficient (Wildman–Crippen LogP) is 1.21. The molecular formula is C13H20FN3O2. The quantitative estimate of drug-likeness (QED) is 0.549. The van der Waals surface area contributed by atoms with Crippen LogP contribution in [0.4, 0.5) is 10.1 Å². The molecule has 0 fully saturated rings. The zero-order valence-electron chi connectivity index (χ0n) is 11.3. The molecule has 6 heteroatoms. The van der Waals surface area contributed by atoms with Gasteiger partial charge >= 0.3 is 0 Å². The highest BCUT2D eigenvalue weighted by Crippen LogP contribution is 2.21.